The summed E-state index contributed by atoms with van der Waals surface area (Å²) < 4.78 is 13.4. The Balaban J connectivity index is 2.87. The molecule has 0 aliphatic heterocycles. The van der Waals surface area contributed by atoms with E-state index in [1.165, 1.54) is 12.1 Å². The second-order valence-electron chi connectivity index (χ2n) is 3.37. The highest BCUT2D eigenvalue weighted by molar-refractivity contribution is 6.58. The van der Waals surface area contributed by atoms with Gasteiger partial charge in [-0.05, 0) is 17.1 Å². The van der Waals surface area contributed by atoms with Crippen LogP contribution in [-0.4, -0.2) is 34.3 Å². The predicted octanol–water partition coefficient (Wildman–Crippen LogP) is -1.54. The molecule has 1 aromatic rings. The zero-order valence-corrected chi connectivity index (χ0v) is 8.30. The van der Waals surface area contributed by atoms with Crippen LogP contribution in [0, 0.1) is 5.82 Å². The maximum atomic E-state index is 13.4. The molecule has 0 fully saturated rings. The van der Waals surface area contributed by atoms with Crippen molar-refractivity contribution in [2.75, 3.05) is 0 Å². The van der Waals surface area contributed by atoms with Crippen molar-refractivity contribution in [2.45, 2.75) is 12.5 Å². The minimum Gasteiger partial charge on any atom is -0.480 e. The van der Waals surface area contributed by atoms with Crippen LogP contribution < -0.4 is 11.2 Å². The first-order chi connectivity index (χ1) is 7.41. The number of benzene rings is 1. The summed E-state index contributed by atoms with van der Waals surface area (Å²) in [6.07, 6.45) is -0.150. The molecular formula is C9H11BFNO4. The Hall–Kier alpha value is -1.44. The first-order valence-electron chi connectivity index (χ1n) is 4.54. The fourth-order valence-corrected chi connectivity index (χ4v) is 1.21. The minimum atomic E-state index is -1.75. The van der Waals surface area contributed by atoms with Gasteiger partial charge >= 0.3 is 13.1 Å². The highest BCUT2D eigenvalue weighted by atomic mass is 18.2. The molecule has 0 aromatic heterocycles. The van der Waals surface area contributed by atoms with Gasteiger partial charge in [0, 0.05) is 6.42 Å². The number of carbonyl (C=O) groups is 1. The number of aliphatic carboxylic acids is 1. The van der Waals surface area contributed by atoms with Gasteiger partial charge in [0.05, 0.1) is 0 Å². The summed E-state index contributed by atoms with van der Waals surface area (Å²) in [5.41, 5.74) is 5.38. The molecule has 5 nitrogen and oxygen atoms in total. The van der Waals surface area contributed by atoms with E-state index in [2.05, 4.69) is 0 Å². The van der Waals surface area contributed by atoms with Crippen LogP contribution in [0.1, 0.15) is 5.56 Å². The standard InChI is InChI=1S/C9H11BFNO4/c11-7-4-6(10(15)16)2-1-5(7)3-8(12)9(13)14/h1-2,4,8,15-16H,3,12H2,(H,13,14)/t8-/m0/s1/i10-1,11-1. The molecule has 0 radical (unpaired) electrons. The SMILES string of the molecule is N[C@@H](Cc1ccc([10B](O)O)cc1[18F])C(=O)O. The molecule has 5 N–H and O–H groups in total. The van der Waals surface area contributed by atoms with E-state index >= 15 is 0 Å². The first kappa shape index (κ1) is 12.6. The average Bonchev–Trinajstić information content (AvgIpc) is 2.20. The summed E-state index contributed by atoms with van der Waals surface area (Å²) >= 11 is 0. The molecule has 1 rings (SSSR count). The fourth-order valence-electron chi connectivity index (χ4n) is 1.21. The minimum absolute atomic E-state index is 0.00477. The Morgan fingerprint density at radius 1 is 1.50 bits per heavy atom. The first-order valence-corrected chi connectivity index (χ1v) is 4.54. The molecule has 0 heterocycles. The summed E-state index contributed by atoms with van der Waals surface area (Å²) in [5.74, 6) is -1.92. The third kappa shape index (κ3) is 3.03. The Kier molecular flexibility index (Phi) is 4.00. The van der Waals surface area contributed by atoms with Crippen LogP contribution in [0.5, 0.6) is 0 Å². The van der Waals surface area contributed by atoms with Gasteiger partial charge in [-0.3, -0.25) is 4.79 Å². The van der Waals surface area contributed by atoms with Crippen molar-refractivity contribution >= 4 is 18.6 Å². The van der Waals surface area contributed by atoms with E-state index in [1.54, 1.807) is 0 Å². The molecule has 0 bridgehead atoms. The second kappa shape index (κ2) is 5.06. The number of nitrogens with two attached hydrogens (primary N) is 1. The topological polar surface area (TPSA) is 104 Å². The molecule has 16 heavy (non-hydrogen) atoms. The normalized spacial score (nSPS) is 12.2. The van der Waals surface area contributed by atoms with Crippen LogP contribution in [-0.2, 0) is 11.2 Å². The number of hydrogen-bond acceptors (Lipinski definition) is 4. The summed E-state index contributed by atoms with van der Waals surface area (Å²) in [5, 5.41) is 26.1. The van der Waals surface area contributed by atoms with Crippen LogP contribution in [0.2, 0.25) is 0 Å². The van der Waals surface area contributed by atoms with Crippen molar-refractivity contribution in [1.29, 1.82) is 0 Å². The molecule has 0 aliphatic carbocycles. The Labute approximate surface area is 91.5 Å². The van der Waals surface area contributed by atoms with E-state index in [4.69, 9.17) is 20.9 Å². The average molecular weight is 225 g/mol. The van der Waals surface area contributed by atoms with E-state index < -0.39 is 24.9 Å². The maximum Gasteiger partial charge on any atom is 0.488 e. The van der Waals surface area contributed by atoms with Crippen LogP contribution in [0.4, 0.5) is 4.39 Å². The number of hydrogen-bond donors (Lipinski definition) is 4. The number of carboxylic acid groups (broad SMARTS) is 1. The monoisotopic (exact) mass is 225 g/mol. The van der Waals surface area contributed by atoms with Crippen molar-refractivity contribution in [3.63, 3.8) is 0 Å². The lowest BCUT2D eigenvalue weighted by atomic mass is 9.26. The predicted molar refractivity (Wildman–Crippen MR) is 55.5 cm³/mol. The molecule has 0 aliphatic rings. The van der Waals surface area contributed by atoms with Crippen LogP contribution in [0.15, 0.2) is 18.2 Å². The van der Waals surface area contributed by atoms with Crippen LogP contribution >= 0.6 is 0 Å². The maximum absolute atomic E-state index is 13.4. The third-order valence-corrected chi connectivity index (χ3v) is 2.13. The van der Waals surface area contributed by atoms with Gasteiger partial charge in [-0.25, -0.2) is 4.39 Å². The largest absolute Gasteiger partial charge is 0.488 e. The zero-order chi connectivity index (χ0) is 12.3. The Morgan fingerprint density at radius 2 is 2.12 bits per heavy atom. The van der Waals surface area contributed by atoms with Crippen molar-refractivity contribution in [1.82, 2.24) is 0 Å². The van der Waals surface area contributed by atoms with Gasteiger partial charge in [0.1, 0.15) is 11.9 Å². The van der Waals surface area contributed by atoms with E-state index in [0.29, 0.717) is 0 Å². The molecular weight excluding hydrogens is 214 g/mol. The quantitative estimate of drug-likeness (QED) is 0.465. The third-order valence-electron chi connectivity index (χ3n) is 2.13. The molecule has 1 aromatic carbocycles. The zero-order valence-electron chi connectivity index (χ0n) is 8.30. The van der Waals surface area contributed by atoms with Crippen molar-refractivity contribution < 1.29 is 24.3 Å². The van der Waals surface area contributed by atoms with Crippen LogP contribution in [0.3, 0.4) is 0 Å². The molecule has 0 spiro atoms. The molecule has 86 valence electrons. The lowest BCUT2D eigenvalue weighted by Gasteiger charge is -2.08. The summed E-state index contributed by atoms with van der Waals surface area (Å²) in [7, 11) is -1.75. The van der Waals surface area contributed by atoms with E-state index in [9.17, 15) is 9.18 Å². The molecule has 7 heteroatoms. The molecule has 0 saturated heterocycles. The van der Waals surface area contributed by atoms with Crippen LogP contribution in [0.25, 0.3) is 0 Å². The number of halogens is 1. The summed E-state index contributed by atoms with van der Waals surface area (Å²) in [6, 6.07) is 2.35. The highest BCUT2D eigenvalue weighted by Crippen LogP contribution is 2.07. The van der Waals surface area contributed by atoms with Gasteiger partial charge in [-0.2, -0.15) is 0 Å². The van der Waals surface area contributed by atoms with Crippen molar-refractivity contribution in [3.05, 3.63) is 29.6 Å². The lowest BCUT2D eigenvalue weighted by molar-refractivity contribution is -0.138. The summed E-state index contributed by atoms with van der Waals surface area (Å²) in [6.45, 7) is 0. The smallest absolute Gasteiger partial charge is 0.480 e. The summed E-state index contributed by atoms with van der Waals surface area (Å²) in [4.78, 5) is 10.5. The van der Waals surface area contributed by atoms with E-state index in [-0.39, 0.29) is 17.4 Å². The highest BCUT2D eigenvalue weighted by Gasteiger charge is 2.17. The molecule has 0 saturated carbocycles. The Bertz CT molecular complexity index is 399. The van der Waals surface area contributed by atoms with Crippen molar-refractivity contribution in [2.24, 2.45) is 5.73 Å². The fraction of sp³-hybridized carbons (Fsp3) is 0.222. The van der Waals surface area contributed by atoms with Gasteiger partial charge in [0.25, 0.3) is 0 Å². The number of carboxylic acids is 1. The van der Waals surface area contributed by atoms with Gasteiger partial charge in [-0.15, -0.1) is 0 Å². The van der Waals surface area contributed by atoms with E-state index in [0.717, 1.165) is 6.07 Å². The molecule has 1 atom stereocenters. The van der Waals surface area contributed by atoms with Gasteiger partial charge in [-0.1, -0.05) is 12.1 Å². The van der Waals surface area contributed by atoms with Gasteiger partial charge in [0.2, 0.25) is 0 Å². The molecule has 0 unspecified atom stereocenters. The number of rotatable bonds is 4. The van der Waals surface area contributed by atoms with Gasteiger partial charge in [0.15, 0.2) is 0 Å². The van der Waals surface area contributed by atoms with Crippen molar-refractivity contribution in [3.8, 4) is 0 Å². The van der Waals surface area contributed by atoms with Gasteiger partial charge < -0.3 is 20.9 Å². The Morgan fingerprint density at radius 3 is 2.56 bits per heavy atom. The van der Waals surface area contributed by atoms with E-state index in [1.807, 2.05) is 0 Å². The second-order valence-corrected chi connectivity index (χ2v) is 3.37. The molecule has 0 amide bonds. The lowest BCUT2D eigenvalue weighted by Crippen LogP contribution is -2.33.